The summed E-state index contributed by atoms with van der Waals surface area (Å²) in [6.45, 7) is 3.75. The molecule has 27 heavy (non-hydrogen) atoms. The summed E-state index contributed by atoms with van der Waals surface area (Å²) in [5.74, 6) is -0.378. The highest BCUT2D eigenvalue weighted by Gasteiger charge is 2.24. The maximum absolute atomic E-state index is 12.8. The summed E-state index contributed by atoms with van der Waals surface area (Å²) in [6, 6.07) is 7.30. The van der Waals surface area contributed by atoms with Gasteiger partial charge in [-0.15, -0.1) is 0 Å². The average Bonchev–Trinajstić information content (AvgIpc) is 3.17. The van der Waals surface area contributed by atoms with Crippen LogP contribution in [0.25, 0.3) is 11.1 Å². The molecule has 0 spiro atoms. The number of primary amides is 1. The van der Waals surface area contributed by atoms with Gasteiger partial charge in [0.15, 0.2) is 0 Å². The fourth-order valence-electron chi connectivity index (χ4n) is 3.39. The van der Waals surface area contributed by atoms with Gasteiger partial charge in [0.25, 0.3) is 5.91 Å². The number of rotatable bonds is 5. The van der Waals surface area contributed by atoms with Crippen molar-refractivity contribution >= 4 is 11.8 Å². The van der Waals surface area contributed by atoms with Gasteiger partial charge < -0.3 is 15.5 Å². The predicted octanol–water partition coefficient (Wildman–Crippen LogP) is 1.76. The predicted molar refractivity (Wildman–Crippen MR) is 104 cm³/mol. The van der Waals surface area contributed by atoms with Crippen LogP contribution < -0.4 is 5.73 Å². The molecule has 2 N–H and O–H groups in total. The van der Waals surface area contributed by atoms with Gasteiger partial charge in [0.05, 0.1) is 6.20 Å². The van der Waals surface area contributed by atoms with Crippen LogP contribution >= 0.6 is 0 Å². The number of hydrogen-bond acceptors (Lipinski definition) is 4. The van der Waals surface area contributed by atoms with Gasteiger partial charge in [-0.2, -0.15) is 5.10 Å². The van der Waals surface area contributed by atoms with E-state index in [0.717, 1.165) is 37.1 Å². The molecule has 1 aliphatic heterocycles. The van der Waals surface area contributed by atoms with Crippen LogP contribution in [0.3, 0.4) is 0 Å². The van der Waals surface area contributed by atoms with E-state index in [1.807, 2.05) is 36.2 Å². The molecular formula is C20H27N5O2. The monoisotopic (exact) mass is 369 g/mol. The van der Waals surface area contributed by atoms with E-state index in [9.17, 15) is 9.59 Å². The third-order valence-corrected chi connectivity index (χ3v) is 5.43. The van der Waals surface area contributed by atoms with Gasteiger partial charge in [-0.25, -0.2) is 0 Å². The van der Waals surface area contributed by atoms with E-state index in [0.29, 0.717) is 11.6 Å². The Kier molecular flexibility index (Phi) is 5.60. The topological polar surface area (TPSA) is 84.5 Å². The SMILES string of the molecule is CC(C(N)=O)n1cc(-c2ccc(C(=O)N(C)C3CCN(C)CC3)cc2)cn1. The van der Waals surface area contributed by atoms with Crippen molar-refractivity contribution in [3.8, 4) is 11.1 Å². The van der Waals surface area contributed by atoms with Crippen LogP contribution in [0.2, 0.25) is 0 Å². The first-order valence-corrected chi connectivity index (χ1v) is 9.26. The van der Waals surface area contributed by atoms with Gasteiger partial charge in [-0.3, -0.25) is 14.3 Å². The van der Waals surface area contributed by atoms with Crippen molar-refractivity contribution < 1.29 is 9.59 Å². The molecule has 3 rings (SSSR count). The first kappa shape index (κ1) is 19.1. The fraction of sp³-hybridized carbons (Fsp3) is 0.450. The second kappa shape index (κ2) is 7.92. The molecule has 1 aromatic heterocycles. The van der Waals surface area contributed by atoms with Gasteiger partial charge in [0.2, 0.25) is 5.91 Å². The number of aromatic nitrogens is 2. The van der Waals surface area contributed by atoms with E-state index in [2.05, 4.69) is 17.0 Å². The Morgan fingerprint density at radius 2 is 1.81 bits per heavy atom. The van der Waals surface area contributed by atoms with Crippen LogP contribution in [0, 0.1) is 0 Å². The Balaban J connectivity index is 1.69. The molecule has 144 valence electrons. The van der Waals surface area contributed by atoms with Crippen molar-refractivity contribution in [3.05, 3.63) is 42.2 Å². The van der Waals surface area contributed by atoms with Crippen molar-refractivity contribution in [2.24, 2.45) is 5.73 Å². The summed E-state index contributed by atoms with van der Waals surface area (Å²) >= 11 is 0. The molecule has 2 aromatic rings. The zero-order valence-electron chi connectivity index (χ0n) is 16.1. The summed E-state index contributed by atoms with van der Waals surface area (Å²) in [7, 11) is 4.00. The maximum atomic E-state index is 12.8. The quantitative estimate of drug-likeness (QED) is 0.870. The molecule has 2 heterocycles. The third-order valence-electron chi connectivity index (χ3n) is 5.43. The lowest BCUT2D eigenvalue weighted by molar-refractivity contribution is -0.120. The molecule has 1 fully saturated rings. The van der Waals surface area contributed by atoms with E-state index >= 15 is 0 Å². The molecule has 1 saturated heterocycles. The van der Waals surface area contributed by atoms with Gasteiger partial charge in [-0.1, -0.05) is 12.1 Å². The van der Waals surface area contributed by atoms with E-state index < -0.39 is 11.9 Å². The molecule has 1 unspecified atom stereocenters. The number of carbonyl (C=O) groups is 2. The Hall–Kier alpha value is -2.67. The Bertz CT molecular complexity index is 806. The molecule has 0 aliphatic carbocycles. The summed E-state index contributed by atoms with van der Waals surface area (Å²) < 4.78 is 1.55. The molecule has 2 amide bonds. The first-order chi connectivity index (χ1) is 12.9. The fourth-order valence-corrected chi connectivity index (χ4v) is 3.39. The number of amides is 2. The molecule has 7 heteroatoms. The zero-order valence-corrected chi connectivity index (χ0v) is 16.1. The lowest BCUT2D eigenvalue weighted by atomic mass is 10.0. The molecule has 1 aromatic carbocycles. The van der Waals surface area contributed by atoms with Gasteiger partial charge in [0.1, 0.15) is 6.04 Å². The van der Waals surface area contributed by atoms with E-state index in [1.165, 1.54) is 0 Å². The molecule has 7 nitrogen and oxygen atoms in total. The number of benzene rings is 1. The Morgan fingerprint density at radius 1 is 1.19 bits per heavy atom. The highest BCUT2D eigenvalue weighted by molar-refractivity contribution is 5.94. The molecular weight excluding hydrogens is 342 g/mol. The number of nitrogens with zero attached hydrogens (tertiary/aromatic N) is 4. The minimum atomic E-state index is -0.497. The Morgan fingerprint density at radius 3 is 2.41 bits per heavy atom. The van der Waals surface area contributed by atoms with Crippen molar-refractivity contribution in [2.75, 3.05) is 27.2 Å². The van der Waals surface area contributed by atoms with Crippen LogP contribution in [-0.2, 0) is 4.79 Å². The zero-order chi connectivity index (χ0) is 19.6. The molecule has 0 bridgehead atoms. The van der Waals surface area contributed by atoms with Gasteiger partial charge in [-0.05, 0) is 57.6 Å². The number of hydrogen-bond donors (Lipinski definition) is 1. The molecule has 0 saturated carbocycles. The van der Waals surface area contributed by atoms with Crippen molar-refractivity contribution in [2.45, 2.75) is 31.8 Å². The molecule has 1 atom stereocenters. The van der Waals surface area contributed by atoms with Crippen LogP contribution in [0.4, 0.5) is 0 Å². The maximum Gasteiger partial charge on any atom is 0.253 e. The van der Waals surface area contributed by atoms with E-state index in [1.54, 1.807) is 24.0 Å². The van der Waals surface area contributed by atoms with Crippen LogP contribution in [0.5, 0.6) is 0 Å². The van der Waals surface area contributed by atoms with Crippen LogP contribution in [0.15, 0.2) is 36.7 Å². The normalized spacial score (nSPS) is 16.9. The smallest absolute Gasteiger partial charge is 0.253 e. The van der Waals surface area contributed by atoms with Crippen molar-refractivity contribution in [3.63, 3.8) is 0 Å². The second-order valence-electron chi connectivity index (χ2n) is 7.32. The summed E-state index contributed by atoms with van der Waals surface area (Å²) in [4.78, 5) is 28.2. The van der Waals surface area contributed by atoms with Gasteiger partial charge >= 0.3 is 0 Å². The van der Waals surface area contributed by atoms with E-state index in [4.69, 9.17) is 5.73 Å². The number of piperidine rings is 1. The summed E-state index contributed by atoms with van der Waals surface area (Å²) in [6.07, 6.45) is 5.50. The summed E-state index contributed by atoms with van der Waals surface area (Å²) in [5, 5.41) is 4.20. The Labute approximate surface area is 159 Å². The second-order valence-corrected chi connectivity index (χ2v) is 7.32. The average molecular weight is 369 g/mol. The van der Waals surface area contributed by atoms with Crippen molar-refractivity contribution in [1.82, 2.24) is 19.6 Å². The van der Waals surface area contributed by atoms with E-state index in [-0.39, 0.29) is 5.91 Å². The number of carbonyl (C=O) groups excluding carboxylic acids is 2. The van der Waals surface area contributed by atoms with Gasteiger partial charge in [0, 0.05) is 30.4 Å². The lowest BCUT2D eigenvalue weighted by Gasteiger charge is -2.35. The first-order valence-electron chi connectivity index (χ1n) is 9.26. The highest BCUT2D eigenvalue weighted by atomic mass is 16.2. The number of likely N-dealkylation sites (tertiary alicyclic amines) is 1. The summed E-state index contributed by atoms with van der Waals surface area (Å²) in [5.41, 5.74) is 7.82. The molecule has 1 aliphatic rings. The van der Waals surface area contributed by atoms with Crippen molar-refractivity contribution in [1.29, 1.82) is 0 Å². The number of nitrogens with two attached hydrogens (primary N) is 1. The minimum absolute atomic E-state index is 0.0501. The van der Waals surface area contributed by atoms with Crippen LogP contribution in [-0.4, -0.2) is 64.6 Å². The largest absolute Gasteiger partial charge is 0.368 e. The molecule has 0 radical (unpaired) electrons. The minimum Gasteiger partial charge on any atom is -0.368 e. The van der Waals surface area contributed by atoms with Crippen LogP contribution in [0.1, 0.15) is 36.2 Å². The highest BCUT2D eigenvalue weighted by Crippen LogP contribution is 2.22. The lowest BCUT2D eigenvalue weighted by Crippen LogP contribution is -2.44. The third kappa shape index (κ3) is 4.19. The standard InChI is InChI=1S/C20H27N5O2/c1-14(19(21)26)25-13-17(12-22-25)15-4-6-16(7-5-15)20(27)24(3)18-8-10-23(2)11-9-18/h4-7,12-14,18H,8-11H2,1-3H3,(H2,21,26).